The molecule has 0 saturated heterocycles. The number of aliphatic hydroxyl groups excluding tert-OH is 1. The number of methoxy groups -OCH3 is 1. The molecule has 0 saturated carbocycles. The SMILES string of the molecule is CNC(CCN(C)CC(O)COC)c1cc(F)cc(F)c1. The number of rotatable bonds is 9. The standard InChI is InChI=1S/C15H24F2N2O2/c1-18-15(11-6-12(16)8-13(17)7-11)4-5-19(2)9-14(20)10-21-3/h6-8,14-15,18,20H,4-5,9-10H2,1-3H3. The molecule has 0 radical (unpaired) electrons. The third-order valence-electron chi connectivity index (χ3n) is 3.32. The smallest absolute Gasteiger partial charge is 0.126 e. The number of ether oxygens (including phenoxy) is 1. The van der Waals surface area contributed by atoms with Gasteiger partial charge in [0.1, 0.15) is 11.6 Å². The van der Waals surface area contributed by atoms with E-state index in [1.54, 1.807) is 14.2 Å². The Balaban J connectivity index is 2.54. The van der Waals surface area contributed by atoms with Gasteiger partial charge in [0.15, 0.2) is 0 Å². The Labute approximate surface area is 124 Å². The average Bonchev–Trinajstić information content (AvgIpc) is 2.38. The lowest BCUT2D eigenvalue weighted by Gasteiger charge is -2.23. The summed E-state index contributed by atoms with van der Waals surface area (Å²) in [6.07, 6.45) is 0.134. The highest BCUT2D eigenvalue weighted by molar-refractivity contribution is 5.21. The third-order valence-corrected chi connectivity index (χ3v) is 3.32. The largest absolute Gasteiger partial charge is 0.389 e. The van der Waals surface area contributed by atoms with Crippen molar-refractivity contribution in [1.29, 1.82) is 0 Å². The van der Waals surface area contributed by atoms with Crippen LogP contribution in [0.15, 0.2) is 18.2 Å². The normalized spacial score (nSPS) is 14.4. The van der Waals surface area contributed by atoms with Crippen LogP contribution in [0, 0.1) is 11.6 Å². The van der Waals surface area contributed by atoms with Crippen LogP contribution in [-0.2, 0) is 4.74 Å². The molecule has 1 aromatic carbocycles. The fourth-order valence-corrected chi connectivity index (χ4v) is 2.30. The van der Waals surface area contributed by atoms with Gasteiger partial charge in [-0.3, -0.25) is 0 Å². The van der Waals surface area contributed by atoms with E-state index in [4.69, 9.17) is 4.74 Å². The van der Waals surface area contributed by atoms with Crippen molar-refractivity contribution in [1.82, 2.24) is 10.2 Å². The highest BCUT2D eigenvalue weighted by atomic mass is 19.1. The topological polar surface area (TPSA) is 44.7 Å². The van der Waals surface area contributed by atoms with E-state index in [2.05, 4.69) is 5.32 Å². The van der Waals surface area contributed by atoms with Gasteiger partial charge < -0.3 is 20.1 Å². The van der Waals surface area contributed by atoms with Crippen molar-refractivity contribution in [3.05, 3.63) is 35.4 Å². The van der Waals surface area contributed by atoms with Crippen LogP contribution in [0.2, 0.25) is 0 Å². The summed E-state index contributed by atoms with van der Waals surface area (Å²) in [5, 5.41) is 12.7. The Morgan fingerprint density at radius 2 is 1.90 bits per heavy atom. The molecule has 0 aliphatic heterocycles. The Morgan fingerprint density at radius 1 is 1.29 bits per heavy atom. The summed E-state index contributed by atoms with van der Waals surface area (Å²) in [6, 6.07) is 3.40. The molecule has 0 bridgehead atoms. The summed E-state index contributed by atoms with van der Waals surface area (Å²) in [7, 11) is 5.18. The Hall–Kier alpha value is -1.08. The molecular formula is C15H24F2N2O2. The number of nitrogens with zero attached hydrogens (tertiary/aromatic N) is 1. The number of benzene rings is 1. The van der Waals surface area contributed by atoms with E-state index in [9.17, 15) is 13.9 Å². The quantitative estimate of drug-likeness (QED) is 0.726. The molecule has 0 heterocycles. The van der Waals surface area contributed by atoms with Crippen molar-refractivity contribution in [2.75, 3.05) is 40.9 Å². The molecule has 1 rings (SSSR count). The lowest BCUT2D eigenvalue weighted by Crippen LogP contribution is -2.34. The first-order valence-electron chi connectivity index (χ1n) is 6.95. The lowest BCUT2D eigenvalue weighted by molar-refractivity contribution is 0.0426. The first kappa shape index (κ1) is 18.0. The van der Waals surface area contributed by atoms with Crippen LogP contribution in [0.5, 0.6) is 0 Å². The molecule has 0 fully saturated rings. The van der Waals surface area contributed by atoms with Crippen molar-refractivity contribution in [2.45, 2.75) is 18.6 Å². The minimum Gasteiger partial charge on any atom is -0.389 e. The number of hydrogen-bond donors (Lipinski definition) is 2. The molecule has 2 N–H and O–H groups in total. The van der Waals surface area contributed by atoms with Gasteiger partial charge in [-0.1, -0.05) is 0 Å². The van der Waals surface area contributed by atoms with Crippen LogP contribution in [-0.4, -0.2) is 57.0 Å². The molecular weight excluding hydrogens is 278 g/mol. The molecule has 6 heteroatoms. The van der Waals surface area contributed by atoms with E-state index in [0.717, 1.165) is 6.07 Å². The summed E-state index contributed by atoms with van der Waals surface area (Å²) in [6.45, 7) is 1.46. The first-order chi connectivity index (χ1) is 9.96. The van der Waals surface area contributed by atoms with E-state index in [-0.39, 0.29) is 12.6 Å². The molecule has 0 amide bonds. The Bertz CT molecular complexity index is 412. The molecule has 0 spiro atoms. The maximum absolute atomic E-state index is 13.3. The number of halogens is 2. The lowest BCUT2D eigenvalue weighted by atomic mass is 10.0. The van der Waals surface area contributed by atoms with E-state index >= 15 is 0 Å². The number of nitrogens with one attached hydrogen (secondary N) is 1. The Kier molecular flexibility index (Phi) is 7.74. The van der Waals surface area contributed by atoms with Crippen LogP contribution in [0.25, 0.3) is 0 Å². The molecule has 2 unspecified atom stereocenters. The molecule has 120 valence electrons. The number of likely N-dealkylation sites (N-methyl/N-ethyl adjacent to an activating group) is 1. The summed E-state index contributed by atoms with van der Waals surface area (Å²) in [4.78, 5) is 1.96. The van der Waals surface area contributed by atoms with Crippen LogP contribution < -0.4 is 5.32 Å². The van der Waals surface area contributed by atoms with Gasteiger partial charge in [-0.25, -0.2) is 8.78 Å². The highest BCUT2D eigenvalue weighted by Crippen LogP contribution is 2.19. The van der Waals surface area contributed by atoms with Crippen molar-refractivity contribution in [3.63, 3.8) is 0 Å². The summed E-state index contributed by atoms with van der Waals surface area (Å²) in [5.41, 5.74) is 0.584. The predicted octanol–water partition coefficient (Wildman–Crippen LogP) is 1.55. The molecule has 4 nitrogen and oxygen atoms in total. The minimum absolute atomic E-state index is 0.141. The summed E-state index contributed by atoms with van der Waals surface area (Å²) in [5.74, 6) is -1.15. The zero-order chi connectivity index (χ0) is 15.8. The zero-order valence-electron chi connectivity index (χ0n) is 12.8. The van der Waals surface area contributed by atoms with Crippen LogP contribution >= 0.6 is 0 Å². The second kappa shape index (κ2) is 9.04. The average molecular weight is 302 g/mol. The predicted molar refractivity (Wildman–Crippen MR) is 78.2 cm³/mol. The van der Waals surface area contributed by atoms with Gasteiger partial charge in [-0.05, 0) is 44.8 Å². The van der Waals surface area contributed by atoms with Gasteiger partial charge in [-0.15, -0.1) is 0 Å². The van der Waals surface area contributed by atoms with E-state index in [1.807, 2.05) is 11.9 Å². The molecule has 0 aliphatic carbocycles. The fourth-order valence-electron chi connectivity index (χ4n) is 2.30. The van der Waals surface area contributed by atoms with Crippen LogP contribution in [0.4, 0.5) is 8.78 Å². The maximum atomic E-state index is 13.3. The fraction of sp³-hybridized carbons (Fsp3) is 0.600. The van der Waals surface area contributed by atoms with Gasteiger partial charge in [0.2, 0.25) is 0 Å². The van der Waals surface area contributed by atoms with E-state index < -0.39 is 17.7 Å². The van der Waals surface area contributed by atoms with Crippen LogP contribution in [0.1, 0.15) is 18.0 Å². The van der Waals surface area contributed by atoms with E-state index in [0.29, 0.717) is 25.1 Å². The number of aliphatic hydroxyl groups is 1. The van der Waals surface area contributed by atoms with Gasteiger partial charge in [0.25, 0.3) is 0 Å². The minimum atomic E-state index is -0.575. The molecule has 0 aliphatic rings. The maximum Gasteiger partial charge on any atom is 0.126 e. The van der Waals surface area contributed by atoms with Gasteiger partial charge in [-0.2, -0.15) is 0 Å². The second-order valence-electron chi connectivity index (χ2n) is 5.20. The van der Waals surface area contributed by atoms with Crippen molar-refractivity contribution in [2.24, 2.45) is 0 Å². The van der Waals surface area contributed by atoms with Crippen molar-refractivity contribution in [3.8, 4) is 0 Å². The van der Waals surface area contributed by atoms with Gasteiger partial charge in [0.05, 0.1) is 12.7 Å². The van der Waals surface area contributed by atoms with Crippen molar-refractivity contribution >= 4 is 0 Å². The zero-order valence-corrected chi connectivity index (χ0v) is 12.8. The van der Waals surface area contributed by atoms with Crippen LogP contribution in [0.3, 0.4) is 0 Å². The molecule has 2 atom stereocenters. The Morgan fingerprint density at radius 3 is 2.43 bits per heavy atom. The monoisotopic (exact) mass is 302 g/mol. The number of hydrogen-bond acceptors (Lipinski definition) is 4. The first-order valence-corrected chi connectivity index (χ1v) is 6.95. The summed E-state index contributed by atoms with van der Waals surface area (Å²) < 4.78 is 31.4. The second-order valence-corrected chi connectivity index (χ2v) is 5.20. The third kappa shape index (κ3) is 6.48. The molecule has 1 aromatic rings. The molecule has 21 heavy (non-hydrogen) atoms. The highest BCUT2D eigenvalue weighted by Gasteiger charge is 2.14. The van der Waals surface area contributed by atoms with E-state index in [1.165, 1.54) is 12.1 Å². The summed E-state index contributed by atoms with van der Waals surface area (Å²) >= 11 is 0. The molecule has 0 aromatic heterocycles. The van der Waals surface area contributed by atoms with Crippen molar-refractivity contribution < 1.29 is 18.6 Å². The van der Waals surface area contributed by atoms with Gasteiger partial charge >= 0.3 is 0 Å². The van der Waals surface area contributed by atoms with Gasteiger partial charge in [0, 0.05) is 25.8 Å².